The van der Waals surface area contributed by atoms with Crippen LogP contribution in [-0.2, 0) is 0 Å². The van der Waals surface area contributed by atoms with Crippen LogP contribution in [0.4, 0.5) is 4.39 Å². The number of piperidine rings is 1. The van der Waals surface area contributed by atoms with Crippen molar-refractivity contribution in [1.82, 2.24) is 15.2 Å². The number of carbonyl (C=O) groups excluding carboxylic acids is 1. The zero-order valence-corrected chi connectivity index (χ0v) is 15.7. The predicted octanol–water partition coefficient (Wildman–Crippen LogP) is 3.86. The molecule has 1 atom stereocenters. The van der Waals surface area contributed by atoms with E-state index in [4.69, 9.17) is 4.74 Å². The molecule has 27 heavy (non-hydrogen) atoms. The van der Waals surface area contributed by atoms with Crippen LogP contribution in [0.15, 0.2) is 42.6 Å². The van der Waals surface area contributed by atoms with Crippen LogP contribution in [0, 0.1) is 11.7 Å². The molecule has 1 amide bonds. The van der Waals surface area contributed by atoms with Gasteiger partial charge >= 0.3 is 0 Å². The molecule has 2 aromatic rings. The molecule has 0 spiro atoms. The minimum Gasteiger partial charge on any atom is -0.457 e. The number of hydrogen-bond acceptors (Lipinski definition) is 4. The van der Waals surface area contributed by atoms with Gasteiger partial charge in [0.1, 0.15) is 23.0 Å². The standard InChI is InChI=1S/C21H26FN3O2/c1-2-11-25-12-3-4-16(15-25)14-24-21(26)20-13-19(9-10-23-20)27-18-7-5-17(22)6-8-18/h5-10,13,16H,2-4,11-12,14-15H2,1H3,(H,24,26). The SMILES string of the molecule is CCCN1CCCC(CNC(=O)c2cc(Oc3ccc(F)cc3)ccn2)C1. The lowest BCUT2D eigenvalue weighted by Crippen LogP contribution is -2.41. The van der Waals surface area contributed by atoms with E-state index < -0.39 is 0 Å². The van der Waals surface area contributed by atoms with Crippen molar-refractivity contribution in [2.75, 3.05) is 26.2 Å². The summed E-state index contributed by atoms with van der Waals surface area (Å²) >= 11 is 0. The Bertz CT molecular complexity index is 749. The smallest absolute Gasteiger partial charge is 0.270 e. The number of halogens is 1. The molecule has 144 valence electrons. The monoisotopic (exact) mass is 371 g/mol. The number of aromatic nitrogens is 1. The third-order valence-electron chi connectivity index (χ3n) is 4.71. The zero-order chi connectivity index (χ0) is 19.1. The van der Waals surface area contributed by atoms with Gasteiger partial charge in [-0.3, -0.25) is 9.78 Å². The van der Waals surface area contributed by atoms with E-state index >= 15 is 0 Å². The largest absolute Gasteiger partial charge is 0.457 e. The number of likely N-dealkylation sites (tertiary alicyclic amines) is 1. The van der Waals surface area contributed by atoms with Gasteiger partial charge in [0.2, 0.25) is 0 Å². The molecule has 1 N–H and O–H groups in total. The first-order valence-corrected chi connectivity index (χ1v) is 9.54. The van der Waals surface area contributed by atoms with Crippen LogP contribution in [-0.4, -0.2) is 42.0 Å². The number of nitrogens with zero attached hydrogens (tertiary/aromatic N) is 2. The minimum absolute atomic E-state index is 0.202. The van der Waals surface area contributed by atoms with Crippen LogP contribution < -0.4 is 10.1 Å². The van der Waals surface area contributed by atoms with Crippen LogP contribution in [0.5, 0.6) is 11.5 Å². The van der Waals surface area contributed by atoms with Crippen molar-refractivity contribution in [1.29, 1.82) is 0 Å². The molecule has 1 saturated heterocycles. The van der Waals surface area contributed by atoms with Gasteiger partial charge in [0.15, 0.2) is 0 Å². The van der Waals surface area contributed by atoms with E-state index in [1.807, 2.05) is 0 Å². The second kappa shape index (κ2) is 9.46. The summed E-state index contributed by atoms with van der Waals surface area (Å²) in [5.74, 6) is 0.957. The van der Waals surface area contributed by atoms with Crippen LogP contribution in [0.3, 0.4) is 0 Å². The summed E-state index contributed by atoms with van der Waals surface area (Å²) in [5, 5.41) is 3.00. The summed E-state index contributed by atoms with van der Waals surface area (Å²) in [5.41, 5.74) is 0.316. The van der Waals surface area contributed by atoms with Crippen molar-refractivity contribution in [2.24, 2.45) is 5.92 Å². The van der Waals surface area contributed by atoms with Crippen molar-refractivity contribution in [3.63, 3.8) is 0 Å². The average Bonchev–Trinajstić information content (AvgIpc) is 2.69. The van der Waals surface area contributed by atoms with E-state index in [0.717, 1.165) is 32.5 Å². The highest BCUT2D eigenvalue weighted by atomic mass is 19.1. The minimum atomic E-state index is -0.322. The van der Waals surface area contributed by atoms with Crippen LogP contribution >= 0.6 is 0 Å². The Labute approximate surface area is 159 Å². The lowest BCUT2D eigenvalue weighted by molar-refractivity contribution is 0.0927. The van der Waals surface area contributed by atoms with Gasteiger partial charge in [-0.25, -0.2) is 4.39 Å². The van der Waals surface area contributed by atoms with E-state index in [1.54, 1.807) is 24.3 Å². The normalized spacial score (nSPS) is 17.5. The lowest BCUT2D eigenvalue weighted by Gasteiger charge is -2.32. The third kappa shape index (κ3) is 5.76. The summed E-state index contributed by atoms with van der Waals surface area (Å²) in [6.45, 7) is 6.16. The maximum atomic E-state index is 13.0. The number of pyridine rings is 1. The number of nitrogens with one attached hydrogen (secondary N) is 1. The first-order valence-electron chi connectivity index (χ1n) is 9.54. The topological polar surface area (TPSA) is 54.5 Å². The molecular formula is C21H26FN3O2. The number of benzene rings is 1. The fraction of sp³-hybridized carbons (Fsp3) is 0.429. The maximum absolute atomic E-state index is 13.0. The van der Waals surface area contributed by atoms with Gasteiger partial charge in [-0.15, -0.1) is 0 Å². The molecule has 1 aromatic carbocycles. The average molecular weight is 371 g/mol. The Balaban J connectivity index is 1.54. The van der Waals surface area contributed by atoms with Gasteiger partial charge in [-0.1, -0.05) is 6.92 Å². The van der Waals surface area contributed by atoms with E-state index in [2.05, 4.69) is 22.1 Å². The number of rotatable bonds is 7. The highest BCUT2D eigenvalue weighted by molar-refractivity contribution is 5.92. The van der Waals surface area contributed by atoms with Gasteiger partial charge < -0.3 is 15.0 Å². The fourth-order valence-electron chi connectivity index (χ4n) is 3.40. The van der Waals surface area contributed by atoms with E-state index in [0.29, 0.717) is 29.7 Å². The number of amides is 1. The molecule has 1 aliphatic rings. The van der Waals surface area contributed by atoms with Crippen molar-refractivity contribution < 1.29 is 13.9 Å². The second-order valence-corrected chi connectivity index (χ2v) is 6.95. The summed E-state index contributed by atoms with van der Waals surface area (Å²) in [4.78, 5) is 19.1. The van der Waals surface area contributed by atoms with Crippen LogP contribution in [0.25, 0.3) is 0 Å². The molecule has 6 heteroatoms. The summed E-state index contributed by atoms with van der Waals surface area (Å²) in [7, 11) is 0. The molecule has 5 nitrogen and oxygen atoms in total. The van der Waals surface area contributed by atoms with Gasteiger partial charge in [0, 0.05) is 25.4 Å². The van der Waals surface area contributed by atoms with Crippen LogP contribution in [0.1, 0.15) is 36.7 Å². The molecule has 0 radical (unpaired) electrons. The second-order valence-electron chi connectivity index (χ2n) is 6.95. The first-order chi connectivity index (χ1) is 13.1. The maximum Gasteiger partial charge on any atom is 0.270 e. The van der Waals surface area contributed by atoms with Gasteiger partial charge in [0.25, 0.3) is 5.91 Å². The van der Waals surface area contributed by atoms with E-state index in [-0.39, 0.29) is 11.7 Å². The Morgan fingerprint density at radius 1 is 1.30 bits per heavy atom. The van der Waals surface area contributed by atoms with Gasteiger partial charge in [0.05, 0.1) is 0 Å². The Hall–Kier alpha value is -2.47. The molecule has 2 heterocycles. The van der Waals surface area contributed by atoms with E-state index in [1.165, 1.54) is 24.8 Å². The lowest BCUT2D eigenvalue weighted by atomic mass is 9.98. The molecular weight excluding hydrogens is 345 g/mol. The van der Waals surface area contributed by atoms with Crippen LogP contribution in [0.2, 0.25) is 0 Å². The molecule has 3 rings (SSSR count). The molecule has 1 fully saturated rings. The predicted molar refractivity (Wildman–Crippen MR) is 102 cm³/mol. The van der Waals surface area contributed by atoms with Gasteiger partial charge in [-0.05, 0) is 68.6 Å². The molecule has 1 unspecified atom stereocenters. The summed E-state index contributed by atoms with van der Waals surface area (Å²) in [6.07, 6.45) is 5.02. The number of carbonyl (C=O) groups is 1. The number of ether oxygens (including phenoxy) is 1. The summed E-state index contributed by atoms with van der Waals surface area (Å²) in [6, 6.07) is 9.01. The molecule has 1 aromatic heterocycles. The quantitative estimate of drug-likeness (QED) is 0.803. The van der Waals surface area contributed by atoms with Crippen molar-refractivity contribution >= 4 is 5.91 Å². The Kier molecular flexibility index (Phi) is 6.76. The highest BCUT2D eigenvalue weighted by Gasteiger charge is 2.20. The zero-order valence-electron chi connectivity index (χ0n) is 15.7. The molecule has 1 aliphatic heterocycles. The highest BCUT2D eigenvalue weighted by Crippen LogP contribution is 2.22. The summed E-state index contributed by atoms with van der Waals surface area (Å²) < 4.78 is 18.6. The fourth-order valence-corrected chi connectivity index (χ4v) is 3.40. The van der Waals surface area contributed by atoms with Gasteiger partial charge in [-0.2, -0.15) is 0 Å². The molecule has 0 bridgehead atoms. The Morgan fingerprint density at radius 2 is 2.11 bits per heavy atom. The Morgan fingerprint density at radius 3 is 2.89 bits per heavy atom. The molecule has 0 saturated carbocycles. The first kappa shape index (κ1) is 19.3. The van der Waals surface area contributed by atoms with E-state index in [9.17, 15) is 9.18 Å². The van der Waals surface area contributed by atoms with Crippen molar-refractivity contribution in [2.45, 2.75) is 26.2 Å². The number of hydrogen-bond donors (Lipinski definition) is 1. The third-order valence-corrected chi connectivity index (χ3v) is 4.71. The molecule has 0 aliphatic carbocycles. The van der Waals surface area contributed by atoms with Crippen molar-refractivity contribution in [3.8, 4) is 11.5 Å². The van der Waals surface area contributed by atoms with Crippen molar-refractivity contribution in [3.05, 3.63) is 54.1 Å².